The van der Waals surface area contributed by atoms with Crippen LogP contribution in [-0.2, 0) is 19.3 Å². The maximum absolute atomic E-state index is 13.1. The molecule has 0 saturated carbocycles. The summed E-state index contributed by atoms with van der Waals surface area (Å²) in [6.07, 6.45) is -0.992. The van der Waals surface area contributed by atoms with Gasteiger partial charge in [0.15, 0.2) is 5.78 Å². The highest BCUT2D eigenvalue weighted by atomic mass is 32.2. The van der Waals surface area contributed by atoms with Gasteiger partial charge >= 0.3 is 6.16 Å². The lowest BCUT2D eigenvalue weighted by Gasteiger charge is -2.22. The zero-order chi connectivity index (χ0) is 18.7. The predicted molar refractivity (Wildman–Crippen MR) is 94.3 cm³/mol. The lowest BCUT2D eigenvalue weighted by Crippen LogP contribution is -2.25. The summed E-state index contributed by atoms with van der Waals surface area (Å²) in [5.41, 5.74) is 0.554. The van der Waals surface area contributed by atoms with Gasteiger partial charge in [0.25, 0.3) is 0 Å². The molecule has 0 aromatic heterocycles. The molecule has 0 spiro atoms. The molecule has 0 atom stereocenters. The Kier molecular flexibility index (Phi) is 4.90. The quantitative estimate of drug-likeness (QED) is 0.766. The Labute approximate surface area is 151 Å². The molecule has 134 valence electrons. The minimum Gasteiger partial charge on any atom is -0.435 e. The Balaban J connectivity index is 2.17. The lowest BCUT2D eigenvalue weighted by molar-refractivity contribution is 0.0665. The minimum absolute atomic E-state index is 0.00796. The van der Waals surface area contributed by atoms with E-state index >= 15 is 0 Å². The second kappa shape index (κ2) is 7.13. The van der Waals surface area contributed by atoms with Crippen LogP contribution in [0.5, 0.6) is 0 Å². The third kappa shape index (κ3) is 3.13. The molecule has 3 rings (SSSR count). The molecule has 2 aromatic rings. The number of Topliss-reactive ketones (excluding diaryl/α,β-unsaturated/α-hetero) is 1. The van der Waals surface area contributed by atoms with Gasteiger partial charge in [0.1, 0.15) is 6.61 Å². The fourth-order valence-electron chi connectivity index (χ4n) is 2.75. The van der Waals surface area contributed by atoms with Gasteiger partial charge in [0, 0.05) is 11.1 Å². The van der Waals surface area contributed by atoms with Crippen LogP contribution in [0.15, 0.2) is 64.4 Å². The number of hydrogen-bond acceptors (Lipinski definition) is 6. The Hall–Kier alpha value is -2.93. The summed E-state index contributed by atoms with van der Waals surface area (Å²) in [7, 11) is -4.00. The molecular weight excluding hydrogens is 356 g/mol. The summed E-state index contributed by atoms with van der Waals surface area (Å²) < 4.78 is 35.7. The number of carbonyl (C=O) groups excluding carboxylic acids is 2. The van der Waals surface area contributed by atoms with Gasteiger partial charge in [-0.15, -0.1) is 0 Å². The van der Waals surface area contributed by atoms with Crippen molar-refractivity contribution < 1.29 is 27.5 Å². The van der Waals surface area contributed by atoms with E-state index in [9.17, 15) is 18.0 Å². The monoisotopic (exact) mass is 372 g/mol. The largest absolute Gasteiger partial charge is 0.508 e. The summed E-state index contributed by atoms with van der Waals surface area (Å²) in [6, 6.07) is 14.4. The van der Waals surface area contributed by atoms with Crippen molar-refractivity contribution in [1.82, 2.24) is 0 Å². The van der Waals surface area contributed by atoms with Gasteiger partial charge in [-0.1, -0.05) is 42.5 Å². The number of fused-ring (bicyclic) bond motifs is 1. The molecule has 0 aliphatic carbocycles. The number of carbonyl (C=O) groups is 2. The topological polar surface area (TPSA) is 86.7 Å². The highest BCUT2D eigenvalue weighted by Gasteiger charge is 2.38. The number of ether oxygens (including phenoxy) is 2. The van der Waals surface area contributed by atoms with Crippen molar-refractivity contribution in [3.8, 4) is 0 Å². The van der Waals surface area contributed by atoms with Crippen molar-refractivity contribution >= 4 is 27.3 Å². The number of benzene rings is 2. The molecule has 7 heteroatoms. The predicted octanol–water partition coefficient (Wildman–Crippen LogP) is 3.24. The average Bonchev–Trinajstić information content (AvgIpc) is 2.64. The van der Waals surface area contributed by atoms with Crippen LogP contribution in [0.4, 0.5) is 4.79 Å². The van der Waals surface area contributed by atoms with Gasteiger partial charge in [-0.25, -0.2) is 13.2 Å². The molecule has 0 amide bonds. The molecule has 0 N–H and O–H groups in total. The van der Waals surface area contributed by atoms with Crippen molar-refractivity contribution in [2.75, 3.05) is 13.2 Å². The summed E-state index contributed by atoms with van der Waals surface area (Å²) in [6.45, 7) is 1.12. The van der Waals surface area contributed by atoms with Crippen molar-refractivity contribution in [3.05, 3.63) is 70.6 Å². The molecule has 0 unspecified atom stereocenters. The van der Waals surface area contributed by atoms with E-state index < -0.39 is 28.4 Å². The summed E-state index contributed by atoms with van der Waals surface area (Å²) in [5.74, 6) is -0.427. The molecule has 1 heterocycles. The number of sulfone groups is 1. The molecular formula is C19H16O6S. The first-order valence-corrected chi connectivity index (χ1v) is 9.42. The van der Waals surface area contributed by atoms with Crippen LogP contribution in [0, 0.1) is 0 Å². The molecule has 1 aliphatic heterocycles. The van der Waals surface area contributed by atoms with Crippen molar-refractivity contribution in [1.29, 1.82) is 0 Å². The molecule has 0 fully saturated rings. The van der Waals surface area contributed by atoms with Crippen LogP contribution in [0.2, 0.25) is 0 Å². The Morgan fingerprint density at radius 2 is 1.62 bits per heavy atom. The minimum atomic E-state index is -4.00. The number of rotatable bonds is 4. The van der Waals surface area contributed by atoms with E-state index in [1.807, 2.05) is 0 Å². The van der Waals surface area contributed by atoms with Crippen LogP contribution in [-0.4, -0.2) is 33.6 Å². The second-order valence-corrected chi connectivity index (χ2v) is 7.40. The molecule has 0 bridgehead atoms. The van der Waals surface area contributed by atoms with Crippen molar-refractivity contribution in [2.24, 2.45) is 0 Å². The SMILES string of the molecule is CCOC(=O)OCC1=C(c2ccccc2)C(=O)c2ccccc2S1(=O)=O. The number of hydrogen-bond donors (Lipinski definition) is 0. The van der Waals surface area contributed by atoms with Crippen LogP contribution in [0.25, 0.3) is 5.57 Å². The van der Waals surface area contributed by atoms with Crippen LogP contribution in [0.1, 0.15) is 22.8 Å². The van der Waals surface area contributed by atoms with E-state index in [4.69, 9.17) is 4.74 Å². The second-order valence-electron chi connectivity index (χ2n) is 5.46. The van der Waals surface area contributed by atoms with E-state index in [2.05, 4.69) is 4.74 Å². The summed E-state index contributed by atoms with van der Waals surface area (Å²) in [4.78, 5) is 24.2. The van der Waals surface area contributed by atoms with E-state index in [1.54, 1.807) is 49.4 Å². The highest BCUT2D eigenvalue weighted by molar-refractivity contribution is 7.95. The molecule has 1 aliphatic rings. The zero-order valence-corrected chi connectivity index (χ0v) is 14.8. The van der Waals surface area contributed by atoms with Gasteiger partial charge in [-0.3, -0.25) is 4.79 Å². The molecule has 26 heavy (non-hydrogen) atoms. The smallest absolute Gasteiger partial charge is 0.435 e. The highest BCUT2D eigenvalue weighted by Crippen LogP contribution is 2.37. The van der Waals surface area contributed by atoms with E-state index in [1.165, 1.54) is 12.1 Å². The molecule has 0 radical (unpaired) electrons. The molecule has 2 aromatic carbocycles. The summed E-state index contributed by atoms with van der Waals surface area (Å²) in [5, 5.41) is 0. The van der Waals surface area contributed by atoms with E-state index in [0.29, 0.717) is 5.56 Å². The average molecular weight is 372 g/mol. The number of ketones is 1. The zero-order valence-electron chi connectivity index (χ0n) is 14.0. The van der Waals surface area contributed by atoms with Crippen molar-refractivity contribution in [3.63, 3.8) is 0 Å². The first-order valence-electron chi connectivity index (χ1n) is 7.93. The Morgan fingerprint density at radius 1 is 0.962 bits per heavy atom. The van der Waals surface area contributed by atoms with Gasteiger partial charge in [0.2, 0.25) is 9.84 Å². The Morgan fingerprint density at radius 3 is 2.31 bits per heavy atom. The van der Waals surface area contributed by atoms with Gasteiger partial charge < -0.3 is 9.47 Å². The van der Waals surface area contributed by atoms with Crippen LogP contribution >= 0.6 is 0 Å². The van der Waals surface area contributed by atoms with Gasteiger partial charge in [0.05, 0.1) is 16.4 Å². The maximum Gasteiger partial charge on any atom is 0.508 e. The van der Waals surface area contributed by atoms with Gasteiger partial charge in [-0.05, 0) is 24.6 Å². The first-order chi connectivity index (χ1) is 12.5. The normalized spacial score (nSPS) is 15.3. The molecule has 0 saturated heterocycles. The maximum atomic E-state index is 13.1. The molecule has 6 nitrogen and oxygen atoms in total. The van der Waals surface area contributed by atoms with Crippen LogP contribution < -0.4 is 0 Å². The third-order valence-corrected chi connectivity index (χ3v) is 5.80. The van der Waals surface area contributed by atoms with Crippen molar-refractivity contribution in [2.45, 2.75) is 11.8 Å². The fraction of sp³-hybridized carbons (Fsp3) is 0.158. The fourth-order valence-corrected chi connectivity index (χ4v) is 4.41. The van der Waals surface area contributed by atoms with Crippen LogP contribution in [0.3, 0.4) is 0 Å². The van der Waals surface area contributed by atoms with Gasteiger partial charge in [-0.2, -0.15) is 0 Å². The third-order valence-electron chi connectivity index (χ3n) is 3.90. The Bertz CT molecular complexity index is 990. The van der Waals surface area contributed by atoms with E-state index in [-0.39, 0.29) is 27.5 Å². The number of allylic oxidation sites excluding steroid dienone is 1. The lowest BCUT2D eigenvalue weighted by atomic mass is 9.96. The summed E-state index contributed by atoms with van der Waals surface area (Å²) >= 11 is 0. The van der Waals surface area contributed by atoms with E-state index in [0.717, 1.165) is 0 Å². The standard InChI is InChI=1S/C19H16O6S/c1-2-24-19(21)25-12-16-17(13-8-4-3-5-9-13)18(20)14-10-6-7-11-15(14)26(16,22)23/h3-11H,2,12H2,1H3. The first kappa shape index (κ1) is 17.9.